The van der Waals surface area contributed by atoms with E-state index >= 15 is 0 Å². The van der Waals surface area contributed by atoms with Crippen LogP contribution in [-0.2, 0) is 0 Å². The average Bonchev–Trinajstić information content (AvgIpc) is 2.62. The third kappa shape index (κ3) is 3.99. The molecule has 25 heavy (non-hydrogen) atoms. The van der Waals surface area contributed by atoms with Crippen molar-refractivity contribution in [3.8, 4) is 0 Å². The monoisotopic (exact) mass is 339 g/mol. The van der Waals surface area contributed by atoms with Gasteiger partial charge in [0.05, 0.1) is 10.4 Å². The predicted molar refractivity (Wildman–Crippen MR) is 96.1 cm³/mol. The first kappa shape index (κ1) is 16.6. The highest BCUT2D eigenvalue weighted by molar-refractivity contribution is 5.90. The summed E-state index contributed by atoms with van der Waals surface area (Å²) in [6.07, 6.45) is 0.603. The zero-order valence-electron chi connectivity index (χ0n) is 13.3. The van der Waals surface area contributed by atoms with Crippen molar-refractivity contribution in [3.05, 3.63) is 58.6 Å². The van der Waals surface area contributed by atoms with Gasteiger partial charge in [-0.2, -0.15) is 4.98 Å². The lowest BCUT2D eigenvalue weighted by Crippen LogP contribution is -2.08. The molecule has 0 saturated carbocycles. The van der Waals surface area contributed by atoms with Gasteiger partial charge in [0.15, 0.2) is 0 Å². The second kappa shape index (κ2) is 7.54. The molecule has 0 aliphatic carbocycles. The molecule has 0 fully saturated rings. The van der Waals surface area contributed by atoms with Gasteiger partial charge < -0.3 is 15.7 Å². The second-order valence-corrected chi connectivity index (χ2v) is 5.35. The Morgan fingerprint density at radius 1 is 1.12 bits per heavy atom. The molecule has 0 bridgehead atoms. The standard InChI is InChI=1S/C17H17N5O3/c23-10-4-9-18-16-14-7-1-2-8-15(14)20-17(21-16)19-12-5-3-6-13(11-12)22(24)25/h1-3,5-8,11,23H,4,9-10H2,(H2,18,19,20,21). The number of aromatic nitrogens is 2. The molecule has 0 aliphatic rings. The van der Waals surface area contributed by atoms with E-state index in [1.165, 1.54) is 12.1 Å². The summed E-state index contributed by atoms with van der Waals surface area (Å²) in [6, 6.07) is 13.7. The van der Waals surface area contributed by atoms with Crippen molar-refractivity contribution in [2.45, 2.75) is 6.42 Å². The number of nitro benzene ring substituents is 1. The number of nitrogens with one attached hydrogen (secondary N) is 2. The molecule has 0 saturated heterocycles. The van der Waals surface area contributed by atoms with Crippen LogP contribution in [0.3, 0.4) is 0 Å². The molecule has 0 spiro atoms. The molecule has 1 aromatic heterocycles. The fourth-order valence-electron chi connectivity index (χ4n) is 2.38. The van der Waals surface area contributed by atoms with Gasteiger partial charge in [-0.25, -0.2) is 4.98 Å². The lowest BCUT2D eigenvalue weighted by molar-refractivity contribution is -0.384. The number of non-ortho nitro benzene ring substituents is 1. The summed E-state index contributed by atoms with van der Waals surface area (Å²) in [6.45, 7) is 0.669. The van der Waals surface area contributed by atoms with Crippen molar-refractivity contribution < 1.29 is 10.0 Å². The number of anilines is 3. The average molecular weight is 339 g/mol. The molecule has 3 rings (SSSR count). The maximum absolute atomic E-state index is 10.9. The van der Waals surface area contributed by atoms with Crippen LogP contribution in [0, 0.1) is 10.1 Å². The fourth-order valence-corrected chi connectivity index (χ4v) is 2.38. The number of hydrogen-bond acceptors (Lipinski definition) is 7. The van der Waals surface area contributed by atoms with Gasteiger partial charge in [-0.15, -0.1) is 0 Å². The minimum absolute atomic E-state index is 0.00733. The number of aliphatic hydroxyl groups is 1. The highest BCUT2D eigenvalue weighted by Crippen LogP contribution is 2.25. The molecule has 8 heteroatoms. The highest BCUT2D eigenvalue weighted by atomic mass is 16.6. The predicted octanol–water partition coefficient (Wildman–Crippen LogP) is 3.08. The van der Waals surface area contributed by atoms with E-state index in [0.717, 1.165) is 10.9 Å². The molecule has 128 valence electrons. The fraction of sp³-hybridized carbons (Fsp3) is 0.176. The number of benzene rings is 2. The minimum atomic E-state index is -0.450. The summed E-state index contributed by atoms with van der Waals surface area (Å²) in [4.78, 5) is 19.4. The van der Waals surface area contributed by atoms with Gasteiger partial charge in [-0.3, -0.25) is 10.1 Å². The quantitative estimate of drug-likeness (QED) is 0.344. The molecule has 0 aliphatic heterocycles. The SMILES string of the molecule is O=[N+]([O-])c1cccc(Nc2nc(NCCCO)c3ccccc3n2)c1. The lowest BCUT2D eigenvalue weighted by Gasteiger charge is -2.11. The highest BCUT2D eigenvalue weighted by Gasteiger charge is 2.10. The van der Waals surface area contributed by atoms with Gasteiger partial charge in [0.25, 0.3) is 5.69 Å². The van der Waals surface area contributed by atoms with E-state index in [1.807, 2.05) is 24.3 Å². The van der Waals surface area contributed by atoms with Crippen LogP contribution in [0.15, 0.2) is 48.5 Å². The van der Waals surface area contributed by atoms with Crippen molar-refractivity contribution in [1.82, 2.24) is 9.97 Å². The first-order valence-corrected chi connectivity index (χ1v) is 7.80. The number of hydrogen-bond donors (Lipinski definition) is 3. The van der Waals surface area contributed by atoms with Crippen molar-refractivity contribution >= 4 is 34.0 Å². The van der Waals surface area contributed by atoms with Crippen LogP contribution in [0.4, 0.5) is 23.1 Å². The molecule has 2 aromatic carbocycles. The summed E-state index contributed by atoms with van der Waals surface area (Å²) < 4.78 is 0. The first-order valence-electron chi connectivity index (χ1n) is 7.80. The Balaban J connectivity index is 1.93. The van der Waals surface area contributed by atoms with Gasteiger partial charge in [-0.1, -0.05) is 18.2 Å². The molecule has 0 radical (unpaired) electrons. The molecular formula is C17H17N5O3. The van der Waals surface area contributed by atoms with Crippen molar-refractivity contribution in [2.24, 2.45) is 0 Å². The molecular weight excluding hydrogens is 322 g/mol. The molecule has 3 aromatic rings. The maximum atomic E-state index is 10.9. The first-order chi connectivity index (χ1) is 12.2. The van der Waals surface area contributed by atoms with Gasteiger partial charge in [0.1, 0.15) is 5.82 Å². The van der Waals surface area contributed by atoms with Crippen molar-refractivity contribution in [2.75, 3.05) is 23.8 Å². The third-order valence-corrected chi connectivity index (χ3v) is 3.54. The summed E-state index contributed by atoms with van der Waals surface area (Å²) >= 11 is 0. The maximum Gasteiger partial charge on any atom is 0.271 e. The van der Waals surface area contributed by atoms with Gasteiger partial charge in [0, 0.05) is 36.4 Å². The summed E-state index contributed by atoms with van der Waals surface area (Å²) in [5, 5.41) is 26.9. The number of aliphatic hydroxyl groups excluding tert-OH is 1. The van der Waals surface area contributed by atoms with E-state index < -0.39 is 4.92 Å². The number of fused-ring (bicyclic) bond motifs is 1. The Bertz CT molecular complexity index is 900. The molecule has 1 heterocycles. The molecule has 8 nitrogen and oxygen atoms in total. The minimum Gasteiger partial charge on any atom is -0.396 e. The number of nitrogens with zero attached hydrogens (tertiary/aromatic N) is 3. The Morgan fingerprint density at radius 3 is 2.76 bits per heavy atom. The van der Waals surface area contributed by atoms with Crippen LogP contribution in [0.1, 0.15) is 6.42 Å². The number of nitro groups is 1. The van der Waals surface area contributed by atoms with Crippen LogP contribution in [-0.4, -0.2) is 33.1 Å². The van der Waals surface area contributed by atoms with E-state index in [1.54, 1.807) is 12.1 Å². The molecule has 0 unspecified atom stereocenters. The van der Waals surface area contributed by atoms with E-state index in [2.05, 4.69) is 20.6 Å². The Kier molecular flexibility index (Phi) is 5.00. The van der Waals surface area contributed by atoms with Crippen LogP contribution in [0.2, 0.25) is 0 Å². The Hall–Kier alpha value is -3.26. The van der Waals surface area contributed by atoms with Crippen molar-refractivity contribution in [1.29, 1.82) is 0 Å². The van der Waals surface area contributed by atoms with Crippen LogP contribution >= 0.6 is 0 Å². The van der Waals surface area contributed by atoms with Crippen LogP contribution in [0.25, 0.3) is 10.9 Å². The smallest absolute Gasteiger partial charge is 0.271 e. The third-order valence-electron chi connectivity index (χ3n) is 3.54. The zero-order chi connectivity index (χ0) is 17.6. The van der Waals surface area contributed by atoms with Crippen LogP contribution < -0.4 is 10.6 Å². The second-order valence-electron chi connectivity index (χ2n) is 5.35. The topological polar surface area (TPSA) is 113 Å². The summed E-state index contributed by atoms with van der Waals surface area (Å²) in [5.41, 5.74) is 1.27. The van der Waals surface area contributed by atoms with E-state index in [9.17, 15) is 10.1 Å². The van der Waals surface area contributed by atoms with Gasteiger partial charge in [0.2, 0.25) is 5.95 Å². The van der Waals surface area contributed by atoms with Crippen LogP contribution in [0.5, 0.6) is 0 Å². The number of rotatable bonds is 7. The summed E-state index contributed by atoms with van der Waals surface area (Å²) in [5.74, 6) is 0.984. The summed E-state index contributed by atoms with van der Waals surface area (Å²) in [7, 11) is 0. The lowest BCUT2D eigenvalue weighted by atomic mass is 10.2. The van der Waals surface area contributed by atoms with Gasteiger partial charge in [-0.05, 0) is 24.6 Å². The van der Waals surface area contributed by atoms with E-state index in [0.29, 0.717) is 30.4 Å². The number of para-hydroxylation sites is 1. The van der Waals surface area contributed by atoms with E-state index in [4.69, 9.17) is 5.11 Å². The van der Waals surface area contributed by atoms with Gasteiger partial charge >= 0.3 is 0 Å². The zero-order valence-corrected chi connectivity index (χ0v) is 13.3. The van der Waals surface area contributed by atoms with E-state index in [-0.39, 0.29) is 12.3 Å². The molecule has 0 amide bonds. The Morgan fingerprint density at radius 2 is 1.96 bits per heavy atom. The molecule has 3 N–H and O–H groups in total. The van der Waals surface area contributed by atoms with Crippen molar-refractivity contribution in [3.63, 3.8) is 0 Å². The molecule has 0 atom stereocenters. The largest absolute Gasteiger partial charge is 0.396 e. The normalized spacial score (nSPS) is 10.6. The Labute approximate surface area is 143 Å².